The first kappa shape index (κ1) is 18.0. The summed E-state index contributed by atoms with van der Waals surface area (Å²) >= 11 is 0. The van der Waals surface area contributed by atoms with Crippen LogP contribution in [0.5, 0.6) is 0 Å². The number of nitrogens with one attached hydrogen (secondary N) is 1. The number of benzene rings is 1. The van der Waals surface area contributed by atoms with Crippen LogP contribution in [-0.4, -0.2) is 33.0 Å². The number of carbonyl (C=O) groups is 2. The minimum atomic E-state index is -0.205. The molecule has 3 aromatic rings. The minimum Gasteiger partial charge on any atom is -0.467 e. The maximum atomic E-state index is 13.0. The largest absolute Gasteiger partial charge is 0.467 e. The molecule has 28 heavy (non-hydrogen) atoms. The van der Waals surface area contributed by atoms with Crippen molar-refractivity contribution >= 4 is 11.8 Å². The van der Waals surface area contributed by atoms with Gasteiger partial charge in [0.15, 0.2) is 0 Å². The van der Waals surface area contributed by atoms with Gasteiger partial charge in [-0.2, -0.15) is 5.10 Å². The standard InChI is InChI=1S/C21H22N4O3/c1-15-4-2-5-16(10-15)21(27)24-13-17-7-8-23-25(17)18(14-24)11-20(26)22-12-19-6-3-9-28-19/h2-10,18H,11-14H2,1H3,(H,22,26)/t18-/m1/s1. The van der Waals surface area contributed by atoms with E-state index in [0.29, 0.717) is 31.0 Å². The highest BCUT2D eigenvalue weighted by Crippen LogP contribution is 2.24. The van der Waals surface area contributed by atoms with Gasteiger partial charge in [-0.1, -0.05) is 17.7 Å². The number of rotatable bonds is 5. The Morgan fingerprint density at radius 2 is 2.14 bits per heavy atom. The molecule has 4 rings (SSSR count). The van der Waals surface area contributed by atoms with Crippen LogP contribution in [0.3, 0.4) is 0 Å². The average molecular weight is 378 g/mol. The first-order valence-electron chi connectivity index (χ1n) is 9.27. The third-order valence-electron chi connectivity index (χ3n) is 4.90. The predicted octanol–water partition coefficient (Wildman–Crippen LogP) is 2.69. The quantitative estimate of drug-likeness (QED) is 0.740. The SMILES string of the molecule is Cc1cccc(C(=O)N2Cc3ccnn3[C@H](CC(=O)NCc3ccco3)C2)c1. The highest BCUT2D eigenvalue weighted by atomic mass is 16.3. The lowest BCUT2D eigenvalue weighted by Crippen LogP contribution is -2.42. The number of hydrogen-bond acceptors (Lipinski definition) is 4. The number of aryl methyl sites for hydroxylation is 1. The van der Waals surface area contributed by atoms with E-state index in [2.05, 4.69) is 10.4 Å². The lowest BCUT2D eigenvalue weighted by Gasteiger charge is -2.33. The summed E-state index contributed by atoms with van der Waals surface area (Å²) in [5.74, 6) is 0.567. The molecule has 1 aliphatic heterocycles. The number of amides is 2. The van der Waals surface area contributed by atoms with E-state index in [-0.39, 0.29) is 24.3 Å². The van der Waals surface area contributed by atoms with Gasteiger partial charge in [0.2, 0.25) is 5.91 Å². The molecule has 1 aliphatic rings. The number of hydrogen-bond donors (Lipinski definition) is 1. The molecule has 0 bridgehead atoms. The Labute approximate surface area is 162 Å². The van der Waals surface area contributed by atoms with Crippen molar-refractivity contribution in [3.05, 3.63) is 77.5 Å². The molecule has 0 spiro atoms. The van der Waals surface area contributed by atoms with Crippen molar-refractivity contribution in [2.45, 2.75) is 32.5 Å². The van der Waals surface area contributed by atoms with Gasteiger partial charge < -0.3 is 14.6 Å². The van der Waals surface area contributed by atoms with Gasteiger partial charge in [-0.3, -0.25) is 14.3 Å². The monoisotopic (exact) mass is 378 g/mol. The van der Waals surface area contributed by atoms with Crippen LogP contribution >= 0.6 is 0 Å². The average Bonchev–Trinajstić information content (AvgIpc) is 3.37. The molecular weight excluding hydrogens is 356 g/mol. The van der Waals surface area contributed by atoms with Crippen molar-refractivity contribution in [1.29, 1.82) is 0 Å². The van der Waals surface area contributed by atoms with Gasteiger partial charge in [-0.05, 0) is 37.3 Å². The third kappa shape index (κ3) is 3.83. The van der Waals surface area contributed by atoms with Gasteiger partial charge in [0.1, 0.15) is 5.76 Å². The van der Waals surface area contributed by atoms with Gasteiger partial charge >= 0.3 is 0 Å². The number of furan rings is 1. The molecule has 0 aliphatic carbocycles. The highest BCUT2D eigenvalue weighted by molar-refractivity contribution is 5.94. The fourth-order valence-electron chi connectivity index (χ4n) is 3.54. The molecule has 0 saturated carbocycles. The summed E-state index contributed by atoms with van der Waals surface area (Å²) in [6.07, 6.45) is 3.53. The van der Waals surface area contributed by atoms with E-state index in [1.807, 2.05) is 48.0 Å². The predicted molar refractivity (Wildman–Crippen MR) is 102 cm³/mol. The Hall–Kier alpha value is -3.35. The molecule has 1 N–H and O–H groups in total. The van der Waals surface area contributed by atoms with Crippen molar-refractivity contribution < 1.29 is 14.0 Å². The fraction of sp³-hybridized carbons (Fsp3) is 0.286. The summed E-state index contributed by atoms with van der Waals surface area (Å²) in [6, 6.07) is 12.9. The van der Waals surface area contributed by atoms with Crippen LogP contribution in [0, 0.1) is 6.92 Å². The minimum absolute atomic E-state index is 0.0304. The first-order valence-corrected chi connectivity index (χ1v) is 9.27. The molecule has 0 saturated heterocycles. The summed E-state index contributed by atoms with van der Waals surface area (Å²) in [7, 11) is 0. The topological polar surface area (TPSA) is 80.4 Å². The van der Waals surface area contributed by atoms with Crippen LogP contribution in [-0.2, 0) is 17.9 Å². The molecule has 2 amide bonds. The van der Waals surface area contributed by atoms with Gasteiger partial charge in [-0.15, -0.1) is 0 Å². The van der Waals surface area contributed by atoms with Crippen molar-refractivity contribution in [3.63, 3.8) is 0 Å². The molecule has 7 heteroatoms. The van der Waals surface area contributed by atoms with E-state index in [1.54, 1.807) is 23.4 Å². The molecule has 144 valence electrons. The Balaban J connectivity index is 1.46. The van der Waals surface area contributed by atoms with Crippen molar-refractivity contribution in [1.82, 2.24) is 20.0 Å². The molecule has 3 heterocycles. The van der Waals surface area contributed by atoms with E-state index < -0.39 is 0 Å². The fourth-order valence-corrected chi connectivity index (χ4v) is 3.54. The van der Waals surface area contributed by atoms with Crippen LogP contribution in [0.15, 0.2) is 59.3 Å². The summed E-state index contributed by atoms with van der Waals surface area (Å²) in [5, 5.41) is 7.22. The van der Waals surface area contributed by atoms with E-state index in [1.165, 1.54) is 0 Å². The molecule has 1 atom stereocenters. The summed E-state index contributed by atoms with van der Waals surface area (Å²) in [6.45, 7) is 3.23. The lowest BCUT2D eigenvalue weighted by atomic mass is 10.1. The summed E-state index contributed by atoms with van der Waals surface area (Å²) in [4.78, 5) is 27.2. The Morgan fingerprint density at radius 3 is 2.93 bits per heavy atom. The zero-order chi connectivity index (χ0) is 19.5. The number of nitrogens with zero attached hydrogens (tertiary/aromatic N) is 3. The maximum absolute atomic E-state index is 13.0. The van der Waals surface area contributed by atoms with Crippen LogP contribution < -0.4 is 5.32 Å². The van der Waals surface area contributed by atoms with Gasteiger partial charge in [0.05, 0.1) is 37.5 Å². The maximum Gasteiger partial charge on any atom is 0.254 e. The molecular formula is C21H22N4O3. The van der Waals surface area contributed by atoms with Gasteiger partial charge in [0, 0.05) is 18.3 Å². The van der Waals surface area contributed by atoms with E-state index in [9.17, 15) is 9.59 Å². The molecule has 0 radical (unpaired) electrons. The van der Waals surface area contributed by atoms with Crippen molar-refractivity contribution in [3.8, 4) is 0 Å². The molecule has 0 unspecified atom stereocenters. The lowest BCUT2D eigenvalue weighted by molar-refractivity contribution is -0.122. The van der Waals surface area contributed by atoms with Crippen molar-refractivity contribution in [2.75, 3.05) is 6.54 Å². The van der Waals surface area contributed by atoms with Crippen molar-refractivity contribution in [2.24, 2.45) is 0 Å². The number of carbonyl (C=O) groups excluding carboxylic acids is 2. The smallest absolute Gasteiger partial charge is 0.254 e. The summed E-state index contributed by atoms with van der Waals surface area (Å²) < 4.78 is 7.09. The first-order chi connectivity index (χ1) is 13.6. The van der Waals surface area contributed by atoms with Crippen LogP contribution in [0.4, 0.5) is 0 Å². The van der Waals surface area contributed by atoms with Gasteiger partial charge in [0.25, 0.3) is 5.91 Å². The third-order valence-corrected chi connectivity index (χ3v) is 4.90. The second-order valence-electron chi connectivity index (χ2n) is 7.04. The van der Waals surface area contributed by atoms with E-state index in [4.69, 9.17) is 4.42 Å². The zero-order valence-electron chi connectivity index (χ0n) is 15.7. The molecule has 0 fully saturated rings. The summed E-state index contributed by atoms with van der Waals surface area (Å²) in [5.41, 5.74) is 2.63. The normalized spacial score (nSPS) is 15.9. The molecule has 1 aromatic carbocycles. The van der Waals surface area contributed by atoms with Gasteiger partial charge in [-0.25, -0.2) is 0 Å². The molecule has 7 nitrogen and oxygen atoms in total. The second kappa shape index (κ2) is 7.72. The van der Waals surface area contributed by atoms with Crippen LogP contribution in [0.2, 0.25) is 0 Å². The highest BCUT2D eigenvalue weighted by Gasteiger charge is 2.30. The Bertz CT molecular complexity index is 977. The Kier molecular flexibility index (Phi) is 4.97. The Morgan fingerprint density at radius 1 is 1.25 bits per heavy atom. The number of fused-ring (bicyclic) bond motifs is 1. The zero-order valence-corrected chi connectivity index (χ0v) is 15.7. The number of aromatic nitrogens is 2. The van der Waals surface area contributed by atoms with Crippen LogP contribution in [0.25, 0.3) is 0 Å². The molecule has 2 aromatic heterocycles. The van der Waals surface area contributed by atoms with E-state index >= 15 is 0 Å². The van der Waals surface area contributed by atoms with Crippen LogP contribution in [0.1, 0.15) is 39.8 Å². The second-order valence-corrected chi connectivity index (χ2v) is 7.04. The van der Waals surface area contributed by atoms with E-state index in [0.717, 1.165) is 11.3 Å².